The van der Waals surface area contributed by atoms with E-state index >= 15 is 0 Å². The van der Waals surface area contributed by atoms with E-state index in [0.717, 1.165) is 19.3 Å². The Morgan fingerprint density at radius 1 is 1.50 bits per heavy atom. The van der Waals surface area contributed by atoms with Crippen LogP contribution in [0.4, 0.5) is 0 Å². The Morgan fingerprint density at radius 2 is 2.25 bits per heavy atom. The molecule has 0 bridgehead atoms. The predicted molar refractivity (Wildman–Crippen MR) is 71.0 cm³/mol. The van der Waals surface area contributed by atoms with Gasteiger partial charge in [-0.25, -0.2) is 0 Å². The van der Waals surface area contributed by atoms with Gasteiger partial charge in [-0.1, -0.05) is 19.9 Å². The lowest BCUT2D eigenvalue weighted by Gasteiger charge is -2.25. The van der Waals surface area contributed by atoms with Crippen LogP contribution in [-0.2, 0) is 6.42 Å². The highest BCUT2D eigenvalue weighted by molar-refractivity contribution is 7.09. The molecule has 3 heteroatoms. The van der Waals surface area contributed by atoms with E-state index < -0.39 is 5.60 Å². The van der Waals surface area contributed by atoms with Crippen LogP contribution < -0.4 is 5.32 Å². The zero-order valence-corrected chi connectivity index (χ0v) is 11.3. The minimum atomic E-state index is -0.580. The van der Waals surface area contributed by atoms with Gasteiger partial charge in [0.25, 0.3) is 0 Å². The summed E-state index contributed by atoms with van der Waals surface area (Å²) in [4.78, 5) is 1.41. The molecule has 0 fully saturated rings. The van der Waals surface area contributed by atoms with E-state index in [4.69, 9.17) is 0 Å². The zero-order chi connectivity index (χ0) is 12.0. The van der Waals surface area contributed by atoms with Gasteiger partial charge in [0, 0.05) is 17.5 Å². The van der Waals surface area contributed by atoms with Crippen LogP contribution >= 0.6 is 11.3 Å². The first-order chi connectivity index (χ1) is 7.57. The van der Waals surface area contributed by atoms with Crippen molar-refractivity contribution in [3.05, 3.63) is 22.4 Å². The summed E-state index contributed by atoms with van der Waals surface area (Å²) in [6, 6.07) is 4.73. The van der Waals surface area contributed by atoms with Crippen molar-refractivity contribution in [2.75, 3.05) is 6.54 Å². The average molecular weight is 241 g/mol. The van der Waals surface area contributed by atoms with E-state index in [1.807, 2.05) is 13.8 Å². The Balaban J connectivity index is 2.38. The van der Waals surface area contributed by atoms with E-state index in [-0.39, 0.29) is 0 Å². The minimum Gasteiger partial charge on any atom is -0.389 e. The fourth-order valence-corrected chi connectivity index (χ4v) is 2.31. The fourth-order valence-electron chi connectivity index (χ4n) is 1.52. The average Bonchev–Trinajstić information content (AvgIpc) is 2.77. The van der Waals surface area contributed by atoms with Crippen molar-refractivity contribution in [2.45, 2.75) is 51.7 Å². The lowest BCUT2D eigenvalue weighted by molar-refractivity contribution is 0.0527. The lowest BCUT2D eigenvalue weighted by atomic mass is 10.0. The molecule has 16 heavy (non-hydrogen) atoms. The minimum absolute atomic E-state index is 0.469. The number of nitrogens with one attached hydrogen (secondary N) is 1. The Bertz CT molecular complexity index is 282. The first-order valence-corrected chi connectivity index (χ1v) is 6.93. The van der Waals surface area contributed by atoms with Crippen molar-refractivity contribution in [1.82, 2.24) is 5.32 Å². The number of hydrogen-bond acceptors (Lipinski definition) is 3. The van der Waals surface area contributed by atoms with E-state index in [2.05, 4.69) is 29.8 Å². The Morgan fingerprint density at radius 3 is 2.75 bits per heavy atom. The van der Waals surface area contributed by atoms with E-state index in [1.165, 1.54) is 4.88 Å². The maximum Gasteiger partial charge on any atom is 0.0741 e. The third-order valence-corrected chi connectivity index (χ3v) is 3.95. The molecule has 0 saturated carbocycles. The molecule has 1 aromatic rings. The standard InChI is InChI=1S/C13H23NOS/c1-4-11(9-12-7-6-8-16-12)14-10-13(3,15)5-2/h6-8,11,14-15H,4-5,9-10H2,1-3H3. The number of rotatable bonds is 7. The molecule has 0 radical (unpaired) electrons. The Hall–Kier alpha value is -0.380. The van der Waals surface area contributed by atoms with Gasteiger partial charge < -0.3 is 10.4 Å². The number of thiophene rings is 1. The molecule has 0 aliphatic heterocycles. The summed E-state index contributed by atoms with van der Waals surface area (Å²) in [5.74, 6) is 0. The molecular weight excluding hydrogens is 218 g/mol. The summed E-state index contributed by atoms with van der Waals surface area (Å²) in [5, 5.41) is 15.5. The largest absolute Gasteiger partial charge is 0.389 e. The van der Waals surface area contributed by atoms with Crippen molar-refractivity contribution in [3.8, 4) is 0 Å². The summed E-state index contributed by atoms with van der Waals surface area (Å²) >= 11 is 1.80. The molecule has 2 nitrogen and oxygen atoms in total. The summed E-state index contributed by atoms with van der Waals surface area (Å²) in [7, 11) is 0. The van der Waals surface area contributed by atoms with Crippen LogP contribution in [-0.4, -0.2) is 23.3 Å². The quantitative estimate of drug-likeness (QED) is 0.769. The van der Waals surface area contributed by atoms with E-state index in [9.17, 15) is 5.11 Å². The first kappa shape index (κ1) is 13.7. The van der Waals surface area contributed by atoms with Gasteiger partial charge in [0.05, 0.1) is 5.60 Å². The highest BCUT2D eigenvalue weighted by Crippen LogP contribution is 2.13. The molecule has 0 aromatic carbocycles. The molecule has 0 aliphatic carbocycles. The topological polar surface area (TPSA) is 32.3 Å². The second kappa shape index (κ2) is 6.38. The zero-order valence-electron chi connectivity index (χ0n) is 10.5. The third-order valence-electron chi connectivity index (χ3n) is 3.05. The van der Waals surface area contributed by atoms with Gasteiger partial charge >= 0.3 is 0 Å². The molecule has 2 atom stereocenters. The van der Waals surface area contributed by atoms with Crippen LogP contribution in [0.15, 0.2) is 17.5 Å². The Kier molecular flexibility index (Phi) is 5.46. The van der Waals surface area contributed by atoms with Crippen LogP contribution in [0.1, 0.15) is 38.5 Å². The van der Waals surface area contributed by atoms with Crippen LogP contribution in [0.3, 0.4) is 0 Å². The van der Waals surface area contributed by atoms with Gasteiger partial charge in [-0.05, 0) is 37.6 Å². The number of hydrogen-bond donors (Lipinski definition) is 2. The van der Waals surface area contributed by atoms with Crippen LogP contribution in [0.5, 0.6) is 0 Å². The van der Waals surface area contributed by atoms with Gasteiger partial charge in [-0.15, -0.1) is 11.3 Å². The molecule has 2 unspecified atom stereocenters. The summed E-state index contributed by atoms with van der Waals surface area (Å²) in [6.45, 7) is 6.76. The normalized spacial score (nSPS) is 17.0. The smallest absolute Gasteiger partial charge is 0.0741 e. The Labute approximate surface area is 103 Å². The van der Waals surface area contributed by atoms with Crippen molar-refractivity contribution < 1.29 is 5.11 Å². The maximum atomic E-state index is 9.93. The molecule has 0 aliphatic rings. The molecular formula is C13H23NOS. The fraction of sp³-hybridized carbons (Fsp3) is 0.692. The second-order valence-corrected chi connectivity index (χ2v) is 5.65. The van der Waals surface area contributed by atoms with E-state index in [0.29, 0.717) is 12.6 Å². The predicted octanol–water partition coefficient (Wildman–Crippen LogP) is 2.82. The van der Waals surface area contributed by atoms with Gasteiger partial charge in [0.15, 0.2) is 0 Å². The summed E-state index contributed by atoms with van der Waals surface area (Å²) < 4.78 is 0. The van der Waals surface area contributed by atoms with Crippen molar-refractivity contribution in [3.63, 3.8) is 0 Å². The van der Waals surface area contributed by atoms with Gasteiger partial charge in [0.2, 0.25) is 0 Å². The summed E-state index contributed by atoms with van der Waals surface area (Å²) in [6.07, 6.45) is 2.95. The molecule has 92 valence electrons. The van der Waals surface area contributed by atoms with Crippen molar-refractivity contribution in [2.24, 2.45) is 0 Å². The van der Waals surface area contributed by atoms with Crippen LogP contribution in [0.2, 0.25) is 0 Å². The molecule has 2 N–H and O–H groups in total. The van der Waals surface area contributed by atoms with E-state index in [1.54, 1.807) is 11.3 Å². The maximum absolute atomic E-state index is 9.93. The molecule has 0 amide bonds. The highest BCUT2D eigenvalue weighted by atomic mass is 32.1. The molecule has 0 saturated heterocycles. The monoisotopic (exact) mass is 241 g/mol. The van der Waals surface area contributed by atoms with Crippen molar-refractivity contribution >= 4 is 11.3 Å². The number of aliphatic hydroxyl groups is 1. The lowest BCUT2D eigenvalue weighted by Crippen LogP contribution is -2.42. The SMILES string of the molecule is CCC(Cc1cccs1)NCC(C)(O)CC. The van der Waals surface area contributed by atoms with Crippen LogP contribution in [0, 0.1) is 0 Å². The highest BCUT2D eigenvalue weighted by Gasteiger charge is 2.19. The van der Waals surface area contributed by atoms with Gasteiger partial charge in [-0.2, -0.15) is 0 Å². The van der Waals surface area contributed by atoms with Gasteiger partial charge in [0.1, 0.15) is 0 Å². The van der Waals surface area contributed by atoms with Gasteiger partial charge in [-0.3, -0.25) is 0 Å². The van der Waals surface area contributed by atoms with Crippen molar-refractivity contribution in [1.29, 1.82) is 0 Å². The van der Waals surface area contributed by atoms with Crippen LogP contribution in [0.25, 0.3) is 0 Å². The first-order valence-electron chi connectivity index (χ1n) is 6.05. The third kappa shape index (κ3) is 4.64. The molecule has 1 aromatic heterocycles. The summed E-state index contributed by atoms with van der Waals surface area (Å²) in [5.41, 5.74) is -0.580. The molecule has 0 spiro atoms. The second-order valence-electron chi connectivity index (χ2n) is 4.62. The molecule has 1 heterocycles. The molecule has 1 rings (SSSR count).